The second-order valence-corrected chi connectivity index (χ2v) is 11.3. The van der Waals surface area contributed by atoms with E-state index < -0.39 is 11.6 Å². The van der Waals surface area contributed by atoms with Gasteiger partial charge in [0.2, 0.25) is 5.60 Å². The van der Waals surface area contributed by atoms with E-state index >= 15 is 0 Å². The number of ether oxygens (including phenoxy) is 1. The number of hydrogen-bond acceptors (Lipinski definition) is 3. The van der Waals surface area contributed by atoms with Gasteiger partial charge in [0, 0.05) is 0 Å². The molecule has 0 bridgehead atoms. The standard InChI is InChI=1S/C36H56O3/c1-2-3-4-5-6-7-8-9-10-11-12-13-14-15-16-17-18-19-20-27-32-39-35(37)36(38,33-28-23-21-24-29-33)34-30-25-22-26-31-34/h21-26,28-31,38H,2-20,27,32H2,1H3. The van der Waals surface area contributed by atoms with E-state index in [0.29, 0.717) is 17.7 Å². The van der Waals surface area contributed by atoms with Crippen LogP contribution < -0.4 is 0 Å². The highest BCUT2D eigenvalue weighted by Gasteiger charge is 2.41. The Balaban J connectivity index is 1.43. The van der Waals surface area contributed by atoms with Gasteiger partial charge in [0.15, 0.2) is 0 Å². The van der Waals surface area contributed by atoms with Crippen LogP contribution >= 0.6 is 0 Å². The van der Waals surface area contributed by atoms with Gasteiger partial charge >= 0.3 is 5.97 Å². The lowest BCUT2D eigenvalue weighted by Crippen LogP contribution is -2.38. The van der Waals surface area contributed by atoms with Gasteiger partial charge in [0.25, 0.3) is 0 Å². The van der Waals surface area contributed by atoms with E-state index in [1.807, 2.05) is 36.4 Å². The van der Waals surface area contributed by atoms with Crippen molar-refractivity contribution >= 4 is 5.97 Å². The van der Waals surface area contributed by atoms with Gasteiger partial charge < -0.3 is 9.84 Å². The van der Waals surface area contributed by atoms with Crippen LogP contribution in [0.4, 0.5) is 0 Å². The highest BCUT2D eigenvalue weighted by Crippen LogP contribution is 2.31. The minimum atomic E-state index is -1.78. The first kappa shape index (κ1) is 33.1. The lowest BCUT2D eigenvalue weighted by atomic mass is 9.86. The van der Waals surface area contributed by atoms with Crippen molar-refractivity contribution in [2.45, 2.75) is 141 Å². The number of unbranched alkanes of at least 4 members (excludes halogenated alkanes) is 19. The fourth-order valence-corrected chi connectivity index (χ4v) is 5.39. The molecule has 3 nitrogen and oxygen atoms in total. The summed E-state index contributed by atoms with van der Waals surface area (Å²) in [5.41, 5.74) is -0.717. The molecule has 0 heterocycles. The van der Waals surface area contributed by atoms with Crippen LogP contribution in [0, 0.1) is 0 Å². The zero-order chi connectivity index (χ0) is 27.9. The molecule has 1 N–H and O–H groups in total. The second-order valence-electron chi connectivity index (χ2n) is 11.3. The van der Waals surface area contributed by atoms with E-state index in [-0.39, 0.29) is 0 Å². The third-order valence-electron chi connectivity index (χ3n) is 7.91. The Hall–Kier alpha value is -2.13. The average Bonchev–Trinajstić information content (AvgIpc) is 2.98. The largest absolute Gasteiger partial charge is 0.463 e. The lowest BCUT2D eigenvalue weighted by Gasteiger charge is -2.27. The molecular formula is C36H56O3. The molecule has 0 radical (unpaired) electrons. The number of rotatable bonds is 24. The highest BCUT2D eigenvalue weighted by atomic mass is 16.5. The summed E-state index contributed by atoms with van der Waals surface area (Å²) >= 11 is 0. The molecule has 0 fully saturated rings. The second kappa shape index (κ2) is 21.7. The summed E-state index contributed by atoms with van der Waals surface area (Å²) in [5.74, 6) is -0.599. The summed E-state index contributed by atoms with van der Waals surface area (Å²) in [6, 6.07) is 18.1. The van der Waals surface area contributed by atoms with Gasteiger partial charge in [-0.05, 0) is 17.5 Å². The van der Waals surface area contributed by atoms with Crippen molar-refractivity contribution < 1.29 is 14.6 Å². The molecule has 3 heteroatoms. The molecular weight excluding hydrogens is 480 g/mol. The van der Waals surface area contributed by atoms with Gasteiger partial charge in [-0.25, -0.2) is 4.79 Å². The van der Waals surface area contributed by atoms with Crippen molar-refractivity contribution in [2.75, 3.05) is 6.61 Å². The molecule has 0 aliphatic carbocycles. The molecule has 39 heavy (non-hydrogen) atoms. The molecule has 0 aliphatic rings. The fourth-order valence-electron chi connectivity index (χ4n) is 5.39. The van der Waals surface area contributed by atoms with Crippen LogP contribution in [0.3, 0.4) is 0 Å². The first-order valence-electron chi connectivity index (χ1n) is 16.2. The number of carbonyl (C=O) groups is 1. The first-order valence-corrected chi connectivity index (χ1v) is 16.2. The van der Waals surface area contributed by atoms with Crippen molar-refractivity contribution in [3.8, 4) is 0 Å². The van der Waals surface area contributed by atoms with E-state index in [4.69, 9.17) is 4.74 Å². The van der Waals surface area contributed by atoms with Crippen LogP contribution in [-0.2, 0) is 15.1 Å². The summed E-state index contributed by atoms with van der Waals surface area (Å²) in [4.78, 5) is 13.0. The van der Waals surface area contributed by atoms with Crippen LogP contribution in [-0.4, -0.2) is 17.7 Å². The molecule has 0 aliphatic heterocycles. The summed E-state index contributed by atoms with van der Waals surface area (Å²) in [6.07, 6.45) is 26.8. The summed E-state index contributed by atoms with van der Waals surface area (Å²) in [6.45, 7) is 2.63. The maximum absolute atomic E-state index is 13.0. The third-order valence-corrected chi connectivity index (χ3v) is 7.91. The Kier molecular flexibility index (Phi) is 18.4. The van der Waals surface area contributed by atoms with Gasteiger partial charge in [-0.3, -0.25) is 0 Å². The van der Waals surface area contributed by atoms with E-state index in [1.54, 1.807) is 24.3 Å². The van der Waals surface area contributed by atoms with E-state index in [9.17, 15) is 9.90 Å². The number of aliphatic hydroxyl groups is 1. The predicted molar refractivity (Wildman–Crippen MR) is 165 cm³/mol. The molecule has 2 rings (SSSR count). The topological polar surface area (TPSA) is 46.5 Å². The van der Waals surface area contributed by atoms with Crippen LogP contribution in [0.5, 0.6) is 0 Å². The molecule has 2 aromatic rings. The molecule has 2 aromatic carbocycles. The average molecular weight is 537 g/mol. The normalized spacial score (nSPS) is 11.5. The van der Waals surface area contributed by atoms with Gasteiger partial charge in [0.05, 0.1) is 6.61 Å². The Morgan fingerprint density at radius 3 is 1.18 bits per heavy atom. The Morgan fingerprint density at radius 2 is 0.846 bits per heavy atom. The van der Waals surface area contributed by atoms with Crippen molar-refractivity contribution in [1.29, 1.82) is 0 Å². The van der Waals surface area contributed by atoms with Gasteiger partial charge in [-0.15, -0.1) is 0 Å². The molecule has 0 saturated heterocycles. The molecule has 0 spiro atoms. The molecule has 0 unspecified atom stereocenters. The van der Waals surface area contributed by atoms with Crippen molar-refractivity contribution in [2.24, 2.45) is 0 Å². The Morgan fingerprint density at radius 1 is 0.538 bits per heavy atom. The van der Waals surface area contributed by atoms with E-state index in [0.717, 1.165) is 12.8 Å². The molecule has 0 amide bonds. The summed E-state index contributed by atoms with van der Waals surface area (Å²) < 4.78 is 5.56. The summed E-state index contributed by atoms with van der Waals surface area (Å²) in [5, 5.41) is 11.4. The molecule has 218 valence electrons. The van der Waals surface area contributed by atoms with Crippen molar-refractivity contribution in [3.05, 3.63) is 71.8 Å². The fraction of sp³-hybridized carbons (Fsp3) is 0.639. The number of hydrogen-bond donors (Lipinski definition) is 1. The third kappa shape index (κ3) is 13.7. The van der Waals surface area contributed by atoms with Crippen molar-refractivity contribution in [3.63, 3.8) is 0 Å². The molecule has 0 saturated carbocycles. The van der Waals surface area contributed by atoms with Gasteiger partial charge in [-0.2, -0.15) is 0 Å². The number of benzene rings is 2. The minimum Gasteiger partial charge on any atom is -0.463 e. The van der Waals surface area contributed by atoms with Crippen LogP contribution in [0.25, 0.3) is 0 Å². The van der Waals surface area contributed by atoms with E-state index in [1.165, 1.54) is 116 Å². The zero-order valence-corrected chi connectivity index (χ0v) is 24.9. The van der Waals surface area contributed by atoms with Gasteiger partial charge in [0.1, 0.15) is 0 Å². The van der Waals surface area contributed by atoms with Crippen LogP contribution in [0.15, 0.2) is 60.7 Å². The highest BCUT2D eigenvalue weighted by molar-refractivity contribution is 5.85. The van der Waals surface area contributed by atoms with Crippen LogP contribution in [0.2, 0.25) is 0 Å². The smallest absolute Gasteiger partial charge is 0.347 e. The van der Waals surface area contributed by atoms with Gasteiger partial charge in [-0.1, -0.05) is 190 Å². The quantitative estimate of drug-likeness (QED) is 0.107. The minimum absolute atomic E-state index is 0.347. The number of esters is 1. The maximum atomic E-state index is 13.0. The maximum Gasteiger partial charge on any atom is 0.347 e. The molecule has 0 atom stereocenters. The van der Waals surface area contributed by atoms with E-state index in [2.05, 4.69) is 6.92 Å². The molecule has 0 aromatic heterocycles. The zero-order valence-electron chi connectivity index (χ0n) is 24.9. The summed E-state index contributed by atoms with van der Waals surface area (Å²) in [7, 11) is 0. The SMILES string of the molecule is CCCCCCCCCCCCCCCCCCCCCCOC(=O)C(O)(c1ccccc1)c1ccccc1. The predicted octanol–water partition coefficient (Wildman–Crippen LogP) is 10.3. The first-order chi connectivity index (χ1) is 19.2. The van der Waals surface area contributed by atoms with Crippen molar-refractivity contribution in [1.82, 2.24) is 0 Å². The number of carbonyl (C=O) groups excluding carboxylic acids is 1. The lowest BCUT2D eigenvalue weighted by molar-refractivity contribution is -0.162. The van der Waals surface area contributed by atoms with Crippen LogP contribution in [0.1, 0.15) is 146 Å². The Bertz CT molecular complexity index is 793. The monoisotopic (exact) mass is 536 g/mol. The Labute approximate surface area is 239 Å².